The normalized spacial score (nSPS) is 16.4. The first-order valence-electron chi connectivity index (χ1n) is 8.75. The Morgan fingerprint density at radius 3 is 2.61 bits per heavy atom. The molecule has 1 heterocycles. The second kappa shape index (κ2) is 8.92. The smallest absolute Gasteiger partial charge is 0.222 e. The van der Waals surface area contributed by atoms with Crippen molar-refractivity contribution in [3.05, 3.63) is 29.8 Å². The molecular formula is C19H30N2O2. The molecule has 1 atom stereocenters. The first-order chi connectivity index (χ1) is 11.1. The topological polar surface area (TPSA) is 41.6 Å². The third-order valence-corrected chi connectivity index (χ3v) is 4.11. The predicted molar refractivity (Wildman–Crippen MR) is 93.7 cm³/mol. The van der Waals surface area contributed by atoms with Crippen molar-refractivity contribution >= 4 is 5.91 Å². The number of piperazine rings is 1. The Bertz CT molecular complexity index is 496. The number of nitrogens with zero attached hydrogens (tertiary/aromatic N) is 1. The van der Waals surface area contributed by atoms with E-state index in [0.29, 0.717) is 18.3 Å². The summed E-state index contributed by atoms with van der Waals surface area (Å²) in [6.07, 6.45) is 1.49. The van der Waals surface area contributed by atoms with Crippen LogP contribution in [0.15, 0.2) is 24.3 Å². The highest BCUT2D eigenvalue weighted by molar-refractivity contribution is 5.76. The minimum absolute atomic E-state index is 0.277. The van der Waals surface area contributed by atoms with Crippen molar-refractivity contribution in [1.29, 1.82) is 0 Å². The molecule has 4 nitrogen and oxygen atoms in total. The van der Waals surface area contributed by atoms with E-state index in [1.165, 1.54) is 5.56 Å². The van der Waals surface area contributed by atoms with E-state index in [1.807, 2.05) is 23.1 Å². The fourth-order valence-corrected chi connectivity index (χ4v) is 2.86. The molecule has 4 heteroatoms. The molecule has 0 spiro atoms. The van der Waals surface area contributed by atoms with Crippen LogP contribution < -0.4 is 10.1 Å². The van der Waals surface area contributed by atoms with Gasteiger partial charge in [0, 0.05) is 32.6 Å². The molecule has 1 N–H and O–H groups in total. The molecule has 1 aromatic rings. The highest BCUT2D eigenvalue weighted by atomic mass is 16.5. The van der Waals surface area contributed by atoms with Crippen molar-refractivity contribution in [3.63, 3.8) is 0 Å². The summed E-state index contributed by atoms with van der Waals surface area (Å²) in [6, 6.07) is 8.20. The first-order valence-corrected chi connectivity index (χ1v) is 8.75. The largest absolute Gasteiger partial charge is 0.493 e. The van der Waals surface area contributed by atoms with E-state index in [4.69, 9.17) is 4.74 Å². The number of para-hydroxylation sites is 1. The van der Waals surface area contributed by atoms with E-state index in [2.05, 4.69) is 32.2 Å². The summed E-state index contributed by atoms with van der Waals surface area (Å²) in [7, 11) is 0. The van der Waals surface area contributed by atoms with Crippen molar-refractivity contribution in [2.75, 3.05) is 32.8 Å². The van der Waals surface area contributed by atoms with Gasteiger partial charge in [0.25, 0.3) is 0 Å². The summed E-state index contributed by atoms with van der Waals surface area (Å²) in [5.41, 5.74) is 1.20. The maximum absolute atomic E-state index is 12.4. The van der Waals surface area contributed by atoms with Gasteiger partial charge in [-0.15, -0.1) is 0 Å². The Morgan fingerprint density at radius 2 is 1.91 bits per heavy atom. The average Bonchev–Trinajstić information content (AvgIpc) is 2.54. The average molecular weight is 318 g/mol. The van der Waals surface area contributed by atoms with Crippen LogP contribution in [0.2, 0.25) is 0 Å². The Morgan fingerprint density at radius 1 is 1.22 bits per heavy atom. The second-order valence-corrected chi connectivity index (χ2v) is 6.96. The Balaban J connectivity index is 1.89. The molecule has 0 bridgehead atoms. The Hall–Kier alpha value is -1.55. The van der Waals surface area contributed by atoms with Gasteiger partial charge >= 0.3 is 0 Å². The van der Waals surface area contributed by atoms with Gasteiger partial charge in [-0.25, -0.2) is 0 Å². The Kier molecular flexibility index (Phi) is 6.90. The van der Waals surface area contributed by atoms with Crippen LogP contribution in [0.1, 0.15) is 32.8 Å². The van der Waals surface area contributed by atoms with Crippen LogP contribution in [0.25, 0.3) is 0 Å². The minimum Gasteiger partial charge on any atom is -0.493 e. The zero-order valence-electron chi connectivity index (χ0n) is 14.7. The van der Waals surface area contributed by atoms with E-state index in [0.717, 1.165) is 45.0 Å². The minimum atomic E-state index is 0.277. The van der Waals surface area contributed by atoms with Gasteiger partial charge in [-0.05, 0) is 29.9 Å². The summed E-state index contributed by atoms with van der Waals surface area (Å²) in [5, 5.41) is 3.28. The molecule has 1 fully saturated rings. The number of carbonyl (C=O) groups excluding carboxylic acids is 1. The van der Waals surface area contributed by atoms with E-state index < -0.39 is 0 Å². The summed E-state index contributed by atoms with van der Waals surface area (Å²) in [5.74, 6) is 2.07. The van der Waals surface area contributed by atoms with Crippen LogP contribution >= 0.6 is 0 Å². The van der Waals surface area contributed by atoms with Crippen LogP contribution in [0.3, 0.4) is 0 Å². The molecule has 0 radical (unpaired) electrons. The maximum Gasteiger partial charge on any atom is 0.222 e. The molecule has 1 saturated heterocycles. The van der Waals surface area contributed by atoms with Gasteiger partial charge in [0.2, 0.25) is 5.91 Å². The van der Waals surface area contributed by atoms with Gasteiger partial charge in [0.15, 0.2) is 0 Å². The molecule has 0 aromatic heterocycles. The van der Waals surface area contributed by atoms with Crippen LogP contribution in [0.5, 0.6) is 5.75 Å². The van der Waals surface area contributed by atoms with Crippen molar-refractivity contribution < 1.29 is 9.53 Å². The van der Waals surface area contributed by atoms with E-state index in [1.54, 1.807) is 0 Å². The van der Waals surface area contributed by atoms with Crippen LogP contribution in [-0.4, -0.2) is 43.6 Å². The van der Waals surface area contributed by atoms with Gasteiger partial charge in [-0.3, -0.25) is 4.79 Å². The van der Waals surface area contributed by atoms with Crippen molar-refractivity contribution in [1.82, 2.24) is 10.2 Å². The zero-order chi connectivity index (χ0) is 16.7. The van der Waals surface area contributed by atoms with Crippen molar-refractivity contribution in [3.8, 4) is 5.75 Å². The van der Waals surface area contributed by atoms with Gasteiger partial charge in [-0.2, -0.15) is 0 Å². The van der Waals surface area contributed by atoms with E-state index in [-0.39, 0.29) is 5.91 Å². The number of ether oxygens (including phenoxy) is 1. The van der Waals surface area contributed by atoms with Crippen molar-refractivity contribution in [2.24, 2.45) is 11.8 Å². The summed E-state index contributed by atoms with van der Waals surface area (Å²) in [6.45, 7) is 10.7. The lowest BCUT2D eigenvalue weighted by Gasteiger charge is -2.28. The highest BCUT2D eigenvalue weighted by Gasteiger charge is 2.19. The first kappa shape index (κ1) is 17.8. The summed E-state index contributed by atoms with van der Waals surface area (Å²) < 4.78 is 5.92. The fraction of sp³-hybridized carbons (Fsp3) is 0.632. The number of nitrogens with one attached hydrogen (secondary N) is 1. The number of rotatable bonds is 7. The number of benzene rings is 1. The van der Waals surface area contributed by atoms with Crippen LogP contribution in [0, 0.1) is 11.8 Å². The maximum atomic E-state index is 12.4. The molecule has 128 valence electrons. The van der Waals surface area contributed by atoms with Gasteiger partial charge < -0.3 is 15.0 Å². The molecule has 23 heavy (non-hydrogen) atoms. The Labute approximate surface area is 140 Å². The molecule has 0 saturated carbocycles. The number of hydrogen-bond acceptors (Lipinski definition) is 3. The lowest BCUT2D eigenvalue weighted by Crippen LogP contribution is -2.46. The molecule has 0 aliphatic carbocycles. The van der Waals surface area contributed by atoms with Gasteiger partial charge in [-0.1, -0.05) is 39.0 Å². The standard InChI is InChI=1S/C19H30N2O2/c1-15(2)14-23-18-7-5-4-6-17(18)12-16(3)13-19(22)21-10-8-20-9-11-21/h4-7,15-16,20H,8-14H2,1-3H3. The lowest BCUT2D eigenvalue weighted by atomic mass is 9.96. The molecule has 1 aliphatic rings. The lowest BCUT2D eigenvalue weighted by molar-refractivity contribution is -0.132. The van der Waals surface area contributed by atoms with Crippen LogP contribution in [0.4, 0.5) is 0 Å². The summed E-state index contributed by atoms with van der Waals surface area (Å²) >= 11 is 0. The highest BCUT2D eigenvalue weighted by Crippen LogP contribution is 2.23. The molecular weight excluding hydrogens is 288 g/mol. The third kappa shape index (κ3) is 5.87. The summed E-state index contributed by atoms with van der Waals surface area (Å²) in [4.78, 5) is 14.3. The third-order valence-electron chi connectivity index (χ3n) is 4.11. The van der Waals surface area contributed by atoms with E-state index >= 15 is 0 Å². The monoisotopic (exact) mass is 318 g/mol. The van der Waals surface area contributed by atoms with Crippen molar-refractivity contribution in [2.45, 2.75) is 33.6 Å². The SMILES string of the molecule is CC(C)COc1ccccc1CC(C)CC(=O)N1CCNCC1. The predicted octanol–water partition coefficient (Wildman–Crippen LogP) is 2.72. The molecule has 1 unspecified atom stereocenters. The number of carbonyl (C=O) groups is 1. The van der Waals surface area contributed by atoms with Crippen LogP contribution in [-0.2, 0) is 11.2 Å². The number of hydrogen-bond donors (Lipinski definition) is 1. The quantitative estimate of drug-likeness (QED) is 0.840. The zero-order valence-corrected chi connectivity index (χ0v) is 14.7. The van der Waals surface area contributed by atoms with Gasteiger partial charge in [0.1, 0.15) is 5.75 Å². The second-order valence-electron chi connectivity index (χ2n) is 6.96. The molecule has 2 rings (SSSR count). The molecule has 1 aliphatic heterocycles. The van der Waals surface area contributed by atoms with Gasteiger partial charge in [0.05, 0.1) is 6.61 Å². The molecule has 1 aromatic carbocycles. The fourth-order valence-electron chi connectivity index (χ4n) is 2.86. The number of amides is 1. The molecule has 1 amide bonds. The van der Waals surface area contributed by atoms with E-state index in [9.17, 15) is 4.79 Å².